The van der Waals surface area contributed by atoms with E-state index in [-0.39, 0.29) is 23.2 Å². The van der Waals surface area contributed by atoms with Crippen LogP contribution in [0.15, 0.2) is 84.6 Å². The van der Waals surface area contributed by atoms with E-state index in [1.165, 1.54) is 28.2 Å². The van der Waals surface area contributed by atoms with Crippen LogP contribution in [-0.2, 0) is 20.4 Å². The summed E-state index contributed by atoms with van der Waals surface area (Å²) in [5.41, 5.74) is 7.27. The maximum absolute atomic E-state index is 12.7. The summed E-state index contributed by atoms with van der Waals surface area (Å²) in [5, 5.41) is 42.6. The molecule has 1 fully saturated rings. The predicted octanol–water partition coefficient (Wildman–Crippen LogP) is 4.35. The number of nitrogens with one attached hydrogen (secondary N) is 1. The van der Waals surface area contributed by atoms with Crippen LogP contribution < -0.4 is 10.2 Å². The number of aliphatic hydroxyl groups excluding tert-OH is 4. The van der Waals surface area contributed by atoms with Crippen molar-refractivity contribution in [3.8, 4) is 0 Å². The molecule has 1 saturated heterocycles. The highest BCUT2D eigenvalue weighted by molar-refractivity contribution is 6.03. The molecule has 5 rings (SSSR count). The predicted molar refractivity (Wildman–Crippen MR) is 188 cm³/mol. The first-order valence-electron chi connectivity index (χ1n) is 17.2. The summed E-state index contributed by atoms with van der Waals surface area (Å²) in [6, 6.07) is 15.9. The first kappa shape index (κ1) is 35.7. The van der Waals surface area contributed by atoms with Gasteiger partial charge in [-0.2, -0.15) is 4.58 Å². The molecule has 1 unspecified atom stereocenters. The van der Waals surface area contributed by atoms with Gasteiger partial charge in [0.2, 0.25) is 11.6 Å². The Kier molecular flexibility index (Phi) is 11.1. The second kappa shape index (κ2) is 14.9. The second-order valence-corrected chi connectivity index (χ2v) is 14.0. The van der Waals surface area contributed by atoms with Gasteiger partial charge in [-0.1, -0.05) is 75.4 Å². The zero-order chi connectivity index (χ0) is 34.6. The number of carbonyl (C=O) groups is 1. The van der Waals surface area contributed by atoms with E-state index in [0.29, 0.717) is 13.0 Å². The Morgan fingerprint density at radius 3 is 2.38 bits per heavy atom. The van der Waals surface area contributed by atoms with Crippen molar-refractivity contribution >= 4 is 23.0 Å². The SMILES string of the molecule is CCC[N+]1=C(/C=C/C=C/C=C2/N(CCCCC(=O)N[C@H]3C(O)O[C@H](CO)[C@H](O)[C@@H]3O)c3ccccc3C2(C)C)C(C)(C)c2ccccc21. The zero-order valence-corrected chi connectivity index (χ0v) is 28.8. The molecule has 9 nitrogen and oxygen atoms in total. The highest BCUT2D eigenvalue weighted by atomic mass is 16.6. The molecule has 0 radical (unpaired) electrons. The van der Waals surface area contributed by atoms with Crippen molar-refractivity contribution in [1.29, 1.82) is 0 Å². The van der Waals surface area contributed by atoms with Crippen LogP contribution in [0.3, 0.4) is 0 Å². The van der Waals surface area contributed by atoms with E-state index in [1.807, 2.05) is 0 Å². The summed E-state index contributed by atoms with van der Waals surface area (Å²) in [4.78, 5) is 15.1. The van der Waals surface area contributed by atoms with E-state index >= 15 is 0 Å². The molecule has 2 aromatic carbocycles. The van der Waals surface area contributed by atoms with E-state index in [9.17, 15) is 25.2 Å². The summed E-state index contributed by atoms with van der Waals surface area (Å²) >= 11 is 0. The number of hydrogen-bond acceptors (Lipinski definition) is 7. The lowest BCUT2D eigenvalue weighted by molar-refractivity contribution is -0.437. The van der Waals surface area contributed by atoms with Crippen LogP contribution in [0.25, 0.3) is 0 Å². The lowest BCUT2D eigenvalue weighted by Gasteiger charge is -2.40. The molecule has 0 bridgehead atoms. The van der Waals surface area contributed by atoms with Crippen molar-refractivity contribution in [1.82, 2.24) is 5.32 Å². The quantitative estimate of drug-likeness (QED) is 0.131. The van der Waals surface area contributed by atoms with Crippen LogP contribution in [0, 0.1) is 0 Å². The van der Waals surface area contributed by atoms with Gasteiger partial charge in [-0.15, -0.1) is 0 Å². The number of rotatable bonds is 12. The highest BCUT2D eigenvalue weighted by Crippen LogP contribution is 2.47. The summed E-state index contributed by atoms with van der Waals surface area (Å²) in [5.74, 6) is -0.354. The van der Waals surface area contributed by atoms with Crippen molar-refractivity contribution in [2.24, 2.45) is 0 Å². The highest BCUT2D eigenvalue weighted by Gasteiger charge is 2.45. The fourth-order valence-electron chi connectivity index (χ4n) is 7.41. The Morgan fingerprint density at radius 1 is 0.938 bits per heavy atom. The molecule has 0 aliphatic carbocycles. The first-order valence-corrected chi connectivity index (χ1v) is 17.2. The molecule has 5 atom stereocenters. The van der Waals surface area contributed by atoms with E-state index in [1.54, 1.807) is 0 Å². The van der Waals surface area contributed by atoms with Gasteiger partial charge in [-0.3, -0.25) is 4.79 Å². The third-order valence-corrected chi connectivity index (χ3v) is 10.0. The number of hydrogen-bond donors (Lipinski definition) is 5. The Morgan fingerprint density at radius 2 is 1.65 bits per heavy atom. The molecule has 5 N–H and O–H groups in total. The Bertz CT molecular complexity index is 1590. The summed E-state index contributed by atoms with van der Waals surface area (Å²) < 4.78 is 7.60. The van der Waals surface area contributed by atoms with Crippen LogP contribution in [0.5, 0.6) is 0 Å². The first-order chi connectivity index (χ1) is 22.9. The number of fused-ring (bicyclic) bond motifs is 2. The molecule has 2 aromatic rings. The molecule has 258 valence electrons. The third-order valence-electron chi connectivity index (χ3n) is 10.0. The summed E-state index contributed by atoms with van der Waals surface area (Å²) in [6.07, 6.45) is 7.84. The molecule has 3 aliphatic heterocycles. The number of anilines is 1. The molecule has 48 heavy (non-hydrogen) atoms. The summed E-state index contributed by atoms with van der Waals surface area (Å²) in [7, 11) is 0. The number of carbonyl (C=O) groups excluding carboxylic acids is 1. The van der Waals surface area contributed by atoms with E-state index in [0.717, 1.165) is 25.1 Å². The second-order valence-electron chi connectivity index (χ2n) is 14.0. The standard InChI is InChI=1S/C39H51N3O6/c1-6-23-41-28-18-12-10-16-26(28)38(2,3)31(41)20-8-7-9-21-32-39(4,5)27-17-11-13-19-29(27)42(32)24-15-14-22-33(44)40-34-36(46)35(45)30(25-43)48-37(34)47/h7-13,16-21,30,34-37,43,45-47H,6,14-15,22-25H2,1-5H3/p+1/t30-,34-,35+,36-,37?/m1/s1. The lowest BCUT2D eigenvalue weighted by Crippen LogP contribution is -2.64. The molecule has 3 aliphatic rings. The van der Waals surface area contributed by atoms with Crippen molar-refractivity contribution in [2.75, 3.05) is 24.6 Å². The van der Waals surface area contributed by atoms with Gasteiger partial charge in [0.25, 0.3) is 0 Å². The van der Waals surface area contributed by atoms with Crippen LogP contribution in [0.4, 0.5) is 11.4 Å². The third kappa shape index (κ3) is 6.93. The van der Waals surface area contributed by atoms with E-state index in [2.05, 4.69) is 128 Å². The topological polar surface area (TPSA) is 126 Å². The zero-order valence-electron chi connectivity index (χ0n) is 28.8. The molecular formula is C39H52N3O6+. The molecule has 0 spiro atoms. The number of para-hydroxylation sites is 2. The maximum Gasteiger partial charge on any atom is 0.220 e. The average Bonchev–Trinajstić information content (AvgIpc) is 3.41. The Hall–Kier alpha value is -3.60. The monoisotopic (exact) mass is 658 g/mol. The smallest absolute Gasteiger partial charge is 0.220 e. The fraction of sp³-hybridized carbons (Fsp3) is 0.487. The van der Waals surface area contributed by atoms with Crippen LogP contribution >= 0.6 is 0 Å². The van der Waals surface area contributed by atoms with Gasteiger partial charge >= 0.3 is 0 Å². The number of allylic oxidation sites excluding steroid dienone is 6. The normalized spacial score (nSPS) is 26.9. The van der Waals surface area contributed by atoms with Gasteiger partial charge in [-0.25, -0.2) is 0 Å². The van der Waals surface area contributed by atoms with Crippen molar-refractivity contribution in [3.63, 3.8) is 0 Å². The van der Waals surface area contributed by atoms with Gasteiger partial charge < -0.3 is 35.4 Å². The van der Waals surface area contributed by atoms with Gasteiger partial charge in [0.05, 0.1) is 12.0 Å². The van der Waals surface area contributed by atoms with E-state index in [4.69, 9.17) is 4.74 Å². The van der Waals surface area contributed by atoms with E-state index < -0.39 is 37.3 Å². The number of nitrogens with zero attached hydrogens (tertiary/aromatic N) is 2. The van der Waals surface area contributed by atoms with Crippen LogP contribution in [-0.4, -0.2) is 87.0 Å². The van der Waals surface area contributed by atoms with Crippen molar-refractivity contribution in [3.05, 3.63) is 95.7 Å². The Balaban J connectivity index is 1.25. The van der Waals surface area contributed by atoms with Crippen molar-refractivity contribution in [2.45, 2.75) is 102 Å². The lowest BCUT2D eigenvalue weighted by atomic mass is 9.81. The van der Waals surface area contributed by atoms with Crippen LogP contribution in [0.1, 0.15) is 71.4 Å². The minimum atomic E-state index is -1.53. The van der Waals surface area contributed by atoms with Gasteiger partial charge in [-0.05, 0) is 44.4 Å². The molecule has 9 heteroatoms. The Labute approximate surface area is 284 Å². The average molecular weight is 659 g/mol. The molecular weight excluding hydrogens is 606 g/mol. The number of ether oxygens (including phenoxy) is 1. The maximum atomic E-state index is 12.7. The largest absolute Gasteiger partial charge is 0.394 e. The number of amides is 1. The number of benzene rings is 2. The van der Waals surface area contributed by atoms with Gasteiger partial charge in [0.1, 0.15) is 30.9 Å². The van der Waals surface area contributed by atoms with Crippen LogP contribution in [0.2, 0.25) is 0 Å². The summed E-state index contributed by atoms with van der Waals surface area (Å²) in [6.45, 7) is 12.4. The molecule has 1 amide bonds. The minimum Gasteiger partial charge on any atom is -0.394 e. The van der Waals surface area contributed by atoms with Gasteiger partial charge in [0, 0.05) is 53.9 Å². The number of aliphatic hydroxyl groups is 4. The van der Waals surface area contributed by atoms with Crippen molar-refractivity contribution < 1.29 is 34.5 Å². The molecule has 3 heterocycles. The molecule has 0 saturated carbocycles. The molecule has 0 aromatic heterocycles. The number of unbranched alkanes of at least 4 members (excludes halogenated alkanes) is 1. The minimum absolute atomic E-state index is 0.0780. The fourth-order valence-corrected chi connectivity index (χ4v) is 7.41. The van der Waals surface area contributed by atoms with Gasteiger partial charge in [0.15, 0.2) is 12.0 Å².